The molecule has 3 heterocycles. The predicted molar refractivity (Wildman–Crippen MR) is 115 cm³/mol. The molecule has 0 radical (unpaired) electrons. The Morgan fingerprint density at radius 2 is 1.90 bits per heavy atom. The minimum absolute atomic E-state index is 0.153. The zero-order valence-corrected chi connectivity index (χ0v) is 17.4. The molecule has 2 saturated heterocycles. The van der Waals surface area contributed by atoms with E-state index < -0.39 is 0 Å². The van der Waals surface area contributed by atoms with Crippen molar-refractivity contribution in [3.8, 4) is 5.75 Å². The Morgan fingerprint density at radius 1 is 1.14 bits per heavy atom. The van der Waals surface area contributed by atoms with Crippen LogP contribution in [-0.2, 0) is 4.79 Å². The first-order chi connectivity index (χ1) is 14.1. The molecule has 0 amide bonds. The number of carbonyl (C=O) groups excluding carboxylic acids is 1. The van der Waals surface area contributed by atoms with E-state index >= 15 is 0 Å². The normalized spacial score (nSPS) is 20.1. The van der Waals surface area contributed by atoms with Crippen LogP contribution in [0, 0.1) is 0 Å². The summed E-state index contributed by atoms with van der Waals surface area (Å²) in [6, 6.07) is 10.2. The number of aromatic nitrogens is 2. The SMILES string of the molecule is CC(=O)C[C@@H](C)c1ccc(O[C@@H]2CCN(c3ccnc(N4CCCC4)n3)C2)cc1. The molecule has 0 N–H and O–H groups in total. The second-order valence-corrected chi connectivity index (χ2v) is 8.26. The van der Waals surface area contributed by atoms with Crippen molar-refractivity contribution in [2.75, 3.05) is 36.0 Å². The van der Waals surface area contributed by atoms with Gasteiger partial charge in [0.25, 0.3) is 0 Å². The van der Waals surface area contributed by atoms with Gasteiger partial charge in [-0.2, -0.15) is 4.98 Å². The molecule has 2 aliphatic rings. The summed E-state index contributed by atoms with van der Waals surface area (Å²) in [4.78, 5) is 25.1. The number of nitrogens with zero attached hydrogens (tertiary/aromatic N) is 4. The molecule has 1 aromatic carbocycles. The van der Waals surface area contributed by atoms with Crippen LogP contribution in [-0.4, -0.2) is 48.0 Å². The molecule has 4 rings (SSSR count). The van der Waals surface area contributed by atoms with Gasteiger partial charge in [-0.05, 0) is 49.4 Å². The Hall–Kier alpha value is -2.63. The van der Waals surface area contributed by atoms with Gasteiger partial charge in [-0.15, -0.1) is 0 Å². The minimum Gasteiger partial charge on any atom is -0.489 e. The Balaban J connectivity index is 1.34. The van der Waals surface area contributed by atoms with E-state index in [9.17, 15) is 4.79 Å². The number of carbonyl (C=O) groups is 1. The fourth-order valence-corrected chi connectivity index (χ4v) is 4.23. The molecule has 0 spiro atoms. The molecule has 1 aromatic heterocycles. The first kappa shape index (κ1) is 19.7. The highest BCUT2D eigenvalue weighted by atomic mass is 16.5. The largest absolute Gasteiger partial charge is 0.489 e. The Morgan fingerprint density at radius 3 is 2.62 bits per heavy atom. The van der Waals surface area contributed by atoms with Gasteiger partial charge >= 0.3 is 0 Å². The van der Waals surface area contributed by atoms with Crippen molar-refractivity contribution in [2.45, 2.75) is 51.6 Å². The Bertz CT molecular complexity index is 833. The van der Waals surface area contributed by atoms with Gasteiger partial charge in [0, 0.05) is 38.7 Å². The quantitative estimate of drug-likeness (QED) is 0.712. The van der Waals surface area contributed by atoms with Gasteiger partial charge in [0.05, 0.1) is 6.54 Å². The number of hydrogen-bond donors (Lipinski definition) is 0. The maximum absolute atomic E-state index is 11.3. The van der Waals surface area contributed by atoms with Crippen LogP contribution < -0.4 is 14.5 Å². The van der Waals surface area contributed by atoms with Crippen molar-refractivity contribution < 1.29 is 9.53 Å². The first-order valence-corrected chi connectivity index (χ1v) is 10.7. The van der Waals surface area contributed by atoms with Crippen LogP contribution in [0.15, 0.2) is 36.5 Å². The zero-order valence-electron chi connectivity index (χ0n) is 17.4. The van der Waals surface area contributed by atoms with Crippen LogP contribution >= 0.6 is 0 Å². The average Bonchev–Trinajstić information content (AvgIpc) is 3.40. The molecular formula is C23H30N4O2. The maximum Gasteiger partial charge on any atom is 0.227 e. The van der Waals surface area contributed by atoms with Gasteiger partial charge in [0.2, 0.25) is 5.95 Å². The van der Waals surface area contributed by atoms with Crippen molar-refractivity contribution in [2.24, 2.45) is 0 Å². The van der Waals surface area contributed by atoms with Gasteiger partial charge in [-0.1, -0.05) is 19.1 Å². The molecule has 2 atom stereocenters. The molecular weight excluding hydrogens is 364 g/mol. The summed E-state index contributed by atoms with van der Waals surface area (Å²) in [7, 11) is 0. The highest BCUT2D eigenvalue weighted by Gasteiger charge is 2.26. The van der Waals surface area contributed by atoms with Crippen molar-refractivity contribution >= 4 is 17.5 Å². The van der Waals surface area contributed by atoms with Crippen LogP contribution in [0.4, 0.5) is 11.8 Å². The third-order valence-corrected chi connectivity index (χ3v) is 5.83. The van der Waals surface area contributed by atoms with Crippen molar-refractivity contribution in [3.05, 3.63) is 42.1 Å². The topological polar surface area (TPSA) is 58.6 Å². The lowest BCUT2D eigenvalue weighted by Gasteiger charge is -2.21. The van der Waals surface area contributed by atoms with E-state index in [1.165, 1.54) is 18.4 Å². The predicted octanol–water partition coefficient (Wildman–Crippen LogP) is 3.82. The van der Waals surface area contributed by atoms with Crippen LogP contribution in [0.5, 0.6) is 5.75 Å². The summed E-state index contributed by atoms with van der Waals surface area (Å²) >= 11 is 0. The second kappa shape index (κ2) is 8.80. The summed E-state index contributed by atoms with van der Waals surface area (Å²) in [6.45, 7) is 7.61. The van der Waals surface area contributed by atoms with Crippen LogP contribution in [0.2, 0.25) is 0 Å². The van der Waals surface area contributed by atoms with Gasteiger partial charge in [-0.25, -0.2) is 4.98 Å². The van der Waals surface area contributed by atoms with E-state index in [-0.39, 0.29) is 17.8 Å². The molecule has 0 saturated carbocycles. The number of ether oxygens (including phenoxy) is 1. The summed E-state index contributed by atoms with van der Waals surface area (Å²) in [5, 5.41) is 0. The second-order valence-electron chi connectivity index (χ2n) is 8.26. The maximum atomic E-state index is 11.3. The lowest BCUT2D eigenvalue weighted by Crippen LogP contribution is -2.26. The van der Waals surface area contributed by atoms with E-state index in [1.807, 2.05) is 24.4 Å². The monoisotopic (exact) mass is 394 g/mol. The summed E-state index contributed by atoms with van der Waals surface area (Å²) < 4.78 is 6.21. The standard InChI is InChI=1S/C23H30N4O2/c1-17(15-18(2)28)19-5-7-20(8-6-19)29-21-10-14-27(16-21)22-9-11-24-23(25-22)26-12-3-4-13-26/h5-9,11,17,21H,3-4,10,12-16H2,1-2H3/t17-,21-/m1/s1. The van der Waals surface area contributed by atoms with E-state index in [0.717, 1.165) is 50.1 Å². The van der Waals surface area contributed by atoms with Gasteiger partial charge < -0.3 is 19.3 Å². The molecule has 0 aliphatic carbocycles. The lowest BCUT2D eigenvalue weighted by molar-refractivity contribution is -0.117. The first-order valence-electron chi connectivity index (χ1n) is 10.7. The number of benzene rings is 1. The molecule has 154 valence electrons. The summed E-state index contributed by atoms with van der Waals surface area (Å²) in [5.41, 5.74) is 1.18. The van der Waals surface area contributed by atoms with Crippen molar-refractivity contribution in [1.82, 2.24) is 9.97 Å². The van der Waals surface area contributed by atoms with E-state index in [4.69, 9.17) is 9.72 Å². The zero-order chi connectivity index (χ0) is 20.2. The van der Waals surface area contributed by atoms with E-state index in [1.54, 1.807) is 6.92 Å². The third-order valence-electron chi connectivity index (χ3n) is 5.83. The van der Waals surface area contributed by atoms with Crippen LogP contribution in [0.1, 0.15) is 51.0 Å². The van der Waals surface area contributed by atoms with E-state index in [2.05, 4.69) is 33.8 Å². The highest BCUT2D eigenvalue weighted by molar-refractivity contribution is 5.76. The van der Waals surface area contributed by atoms with Crippen LogP contribution in [0.25, 0.3) is 0 Å². The Kier molecular flexibility index (Phi) is 5.97. The molecule has 29 heavy (non-hydrogen) atoms. The molecule has 2 aliphatic heterocycles. The molecule has 2 aromatic rings. The lowest BCUT2D eigenvalue weighted by atomic mass is 9.96. The van der Waals surface area contributed by atoms with Gasteiger partial charge in [-0.3, -0.25) is 0 Å². The number of anilines is 2. The summed E-state index contributed by atoms with van der Waals surface area (Å²) in [5.74, 6) is 3.18. The average molecular weight is 395 g/mol. The van der Waals surface area contributed by atoms with Gasteiger partial charge in [0.1, 0.15) is 23.5 Å². The molecule has 0 unspecified atom stereocenters. The van der Waals surface area contributed by atoms with Crippen molar-refractivity contribution in [3.63, 3.8) is 0 Å². The molecule has 0 bridgehead atoms. The number of Topliss-reactive ketones (excluding diaryl/α,β-unsaturated/α-hetero) is 1. The number of rotatable bonds is 7. The molecule has 6 heteroatoms. The smallest absolute Gasteiger partial charge is 0.227 e. The fraction of sp³-hybridized carbons (Fsp3) is 0.522. The number of ketones is 1. The van der Waals surface area contributed by atoms with Crippen molar-refractivity contribution in [1.29, 1.82) is 0 Å². The minimum atomic E-state index is 0.153. The summed E-state index contributed by atoms with van der Waals surface area (Å²) in [6.07, 6.45) is 6.02. The fourth-order valence-electron chi connectivity index (χ4n) is 4.23. The third kappa shape index (κ3) is 4.86. The molecule has 6 nitrogen and oxygen atoms in total. The van der Waals surface area contributed by atoms with Gasteiger partial charge in [0.15, 0.2) is 0 Å². The molecule has 2 fully saturated rings. The van der Waals surface area contributed by atoms with E-state index in [0.29, 0.717) is 6.42 Å². The number of hydrogen-bond acceptors (Lipinski definition) is 6. The highest BCUT2D eigenvalue weighted by Crippen LogP contribution is 2.26. The van der Waals surface area contributed by atoms with Crippen LogP contribution in [0.3, 0.4) is 0 Å². The Labute approximate surface area is 172 Å².